The smallest absolute Gasteiger partial charge is 0.246 e. The number of hydrogen-bond donors (Lipinski definition) is 4. The summed E-state index contributed by atoms with van der Waals surface area (Å²) in [5, 5.41) is 21.2. The molecule has 5 N–H and O–H groups in total. The monoisotopic (exact) mass is 459 g/mol. The van der Waals surface area contributed by atoms with Crippen LogP contribution >= 0.6 is 0 Å². The van der Waals surface area contributed by atoms with Gasteiger partial charge in [0, 0.05) is 45.0 Å². The highest BCUT2D eigenvalue weighted by Gasteiger charge is 2.28. The number of benzene rings is 2. The molecular formula is C23H33N5O3S. The van der Waals surface area contributed by atoms with Crippen LogP contribution in [-0.4, -0.2) is 68.0 Å². The highest BCUT2D eigenvalue weighted by Crippen LogP contribution is 2.27. The maximum atomic E-state index is 13.5. The topological polar surface area (TPSA) is 123 Å². The summed E-state index contributed by atoms with van der Waals surface area (Å²) in [7, 11) is -3.99. The van der Waals surface area contributed by atoms with Crippen LogP contribution in [0.4, 0.5) is 0 Å². The minimum atomic E-state index is -3.99. The second-order valence-corrected chi connectivity index (χ2v) is 10.3. The Kier molecular flexibility index (Phi) is 7.89. The van der Waals surface area contributed by atoms with E-state index in [-0.39, 0.29) is 28.6 Å². The molecule has 1 aliphatic heterocycles. The summed E-state index contributed by atoms with van der Waals surface area (Å²) < 4.78 is 28.5. The molecule has 174 valence electrons. The van der Waals surface area contributed by atoms with Crippen molar-refractivity contribution in [1.29, 1.82) is 5.41 Å². The molecule has 0 spiro atoms. The maximum absolute atomic E-state index is 13.5. The van der Waals surface area contributed by atoms with E-state index in [1.54, 1.807) is 0 Å². The van der Waals surface area contributed by atoms with Crippen molar-refractivity contribution in [3.05, 3.63) is 59.2 Å². The zero-order chi connectivity index (χ0) is 23.3. The van der Waals surface area contributed by atoms with E-state index in [1.165, 1.54) is 28.1 Å². The van der Waals surface area contributed by atoms with Gasteiger partial charge in [-0.2, -0.15) is 4.31 Å². The third-order valence-electron chi connectivity index (χ3n) is 5.79. The van der Waals surface area contributed by atoms with Gasteiger partial charge in [-0.1, -0.05) is 38.1 Å². The fraction of sp³-hybridized carbons (Fsp3) is 0.435. The summed E-state index contributed by atoms with van der Waals surface area (Å²) >= 11 is 0. The molecule has 2 aromatic carbocycles. The predicted octanol–water partition coefficient (Wildman–Crippen LogP) is 1.90. The molecule has 1 fully saturated rings. The first-order valence-corrected chi connectivity index (χ1v) is 12.3. The average molecular weight is 460 g/mol. The fourth-order valence-corrected chi connectivity index (χ4v) is 5.24. The van der Waals surface area contributed by atoms with E-state index in [9.17, 15) is 13.5 Å². The van der Waals surface area contributed by atoms with E-state index >= 15 is 0 Å². The summed E-state index contributed by atoms with van der Waals surface area (Å²) in [6, 6.07) is 12.2. The summed E-state index contributed by atoms with van der Waals surface area (Å²) in [5.41, 5.74) is 8.10. The first kappa shape index (κ1) is 24.2. The molecular weight excluding hydrogens is 426 g/mol. The standard InChI is InChI=1S/C23H33N5O3S/c1-17(2)19-5-3-18(4-6-19)9-11-28(14-13-27-12-10-26-16-27)32(30,31)22-15-20(23(24)25)7-8-21(22)29/h3-8,15,17,26,29H,9-14,16H2,1-2H3,(H3,24,25). The Morgan fingerprint density at radius 1 is 1.22 bits per heavy atom. The molecule has 0 saturated carbocycles. The van der Waals surface area contributed by atoms with Crippen molar-refractivity contribution < 1.29 is 13.5 Å². The maximum Gasteiger partial charge on any atom is 0.246 e. The highest BCUT2D eigenvalue weighted by molar-refractivity contribution is 7.89. The third kappa shape index (κ3) is 5.86. The number of phenols is 1. The van der Waals surface area contributed by atoms with Crippen molar-refractivity contribution in [3.8, 4) is 5.75 Å². The van der Waals surface area contributed by atoms with E-state index in [0.717, 1.165) is 25.3 Å². The van der Waals surface area contributed by atoms with Gasteiger partial charge in [0.25, 0.3) is 0 Å². The van der Waals surface area contributed by atoms with E-state index in [1.807, 2.05) is 12.1 Å². The van der Waals surface area contributed by atoms with E-state index in [4.69, 9.17) is 11.1 Å². The molecule has 0 aromatic heterocycles. The quantitative estimate of drug-likeness (QED) is 0.318. The summed E-state index contributed by atoms with van der Waals surface area (Å²) in [6.45, 7) is 7.94. The van der Waals surface area contributed by atoms with Crippen LogP contribution in [0.25, 0.3) is 0 Å². The molecule has 3 rings (SSSR count). The molecule has 0 atom stereocenters. The first-order valence-electron chi connectivity index (χ1n) is 10.9. The fourth-order valence-electron chi connectivity index (χ4n) is 3.70. The number of amidine groups is 1. The largest absolute Gasteiger partial charge is 0.507 e. The SMILES string of the molecule is CC(C)c1ccc(CCN(CCN2CCNC2)S(=O)(=O)c2cc(C(=N)N)ccc2O)cc1. The minimum absolute atomic E-state index is 0.222. The van der Waals surface area contributed by atoms with Crippen LogP contribution in [0.1, 0.15) is 36.5 Å². The lowest BCUT2D eigenvalue weighted by atomic mass is 10.0. The zero-order valence-corrected chi connectivity index (χ0v) is 19.5. The van der Waals surface area contributed by atoms with Crippen LogP contribution in [0.15, 0.2) is 47.4 Å². The van der Waals surface area contributed by atoms with Crippen molar-refractivity contribution in [3.63, 3.8) is 0 Å². The second-order valence-electron chi connectivity index (χ2n) is 8.42. The first-order chi connectivity index (χ1) is 15.2. The van der Waals surface area contributed by atoms with Gasteiger partial charge in [-0.25, -0.2) is 8.42 Å². The Morgan fingerprint density at radius 2 is 1.94 bits per heavy atom. The molecule has 1 saturated heterocycles. The number of aromatic hydroxyl groups is 1. The average Bonchev–Trinajstić information content (AvgIpc) is 3.27. The normalized spacial score (nSPS) is 15.0. The molecule has 1 heterocycles. The van der Waals surface area contributed by atoms with Gasteiger partial charge in [0.15, 0.2) is 0 Å². The number of nitrogens with two attached hydrogens (primary N) is 1. The van der Waals surface area contributed by atoms with Gasteiger partial charge in [-0.15, -0.1) is 0 Å². The zero-order valence-electron chi connectivity index (χ0n) is 18.7. The Labute approximate surface area is 190 Å². The number of phenolic OH excluding ortho intramolecular Hbond substituents is 1. The third-order valence-corrected chi connectivity index (χ3v) is 7.72. The van der Waals surface area contributed by atoms with Crippen LogP contribution < -0.4 is 11.1 Å². The van der Waals surface area contributed by atoms with Gasteiger partial charge in [0.1, 0.15) is 16.5 Å². The Hall–Kier alpha value is -2.46. The molecule has 0 unspecified atom stereocenters. The van der Waals surface area contributed by atoms with Crippen molar-refractivity contribution in [2.45, 2.75) is 31.1 Å². The van der Waals surface area contributed by atoms with Gasteiger partial charge >= 0.3 is 0 Å². The Bertz CT molecular complexity index is 1030. The molecule has 2 aromatic rings. The number of nitrogens with one attached hydrogen (secondary N) is 2. The molecule has 0 bridgehead atoms. The molecule has 0 amide bonds. The van der Waals surface area contributed by atoms with Gasteiger partial charge in [0.2, 0.25) is 10.0 Å². The van der Waals surface area contributed by atoms with Crippen molar-refractivity contribution in [1.82, 2.24) is 14.5 Å². The number of rotatable bonds is 10. The molecule has 0 radical (unpaired) electrons. The number of sulfonamides is 1. The van der Waals surface area contributed by atoms with E-state index in [2.05, 4.69) is 36.2 Å². The highest BCUT2D eigenvalue weighted by atomic mass is 32.2. The Morgan fingerprint density at radius 3 is 2.53 bits per heavy atom. The van der Waals surface area contributed by atoms with E-state index < -0.39 is 10.0 Å². The lowest BCUT2D eigenvalue weighted by molar-refractivity contribution is 0.292. The van der Waals surface area contributed by atoms with Crippen molar-refractivity contribution >= 4 is 15.9 Å². The van der Waals surface area contributed by atoms with Crippen molar-refractivity contribution in [2.75, 3.05) is 39.4 Å². The number of hydrogen-bond acceptors (Lipinski definition) is 6. The van der Waals surface area contributed by atoms with Crippen LogP contribution in [0.3, 0.4) is 0 Å². The Balaban J connectivity index is 1.83. The predicted molar refractivity (Wildman–Crippen MR) is 127 cm³/mol. The molecule has 9 heteroatoms. The van der Waals surface area contributed by atoms with Gasteiger partial charge in [0.05, 0.1) is 0 Å². The van der Waals surface area contributed by atoms with Crippen LogP contribution in [0, 0.1) is 5.41 Å². The van der Waals surface area contributed by atoms with Crippen LogP contribution in [-0.2, 0) is 16.4 Å². The van der Waals surface area contributed by atoms with Crippen LogP contribution in [0.2, 0.25) is 0 Å². The molecule has 32 heavy (non-hydrogen) atoms. The summed E-state index contributed by atoms with van der Waals surface area (Å²) in [5.74, 6) is -0.156. The second kappa shape index (κ2) is 10.4. The summed E-state index contributed by atoms with van der Waals surface area (Å²) in [6.07, 6.45) is 0.559. The lowest BCUT2D eigenvalue weighted by Gasteiger charge is -2.25. The van der Waals surface area contributed by atoms with Gasteiger partial charge in [-0.3, -0.25) is 10.3 Å². The number of nitrogen functional groups attached to an aromatic ring is 1. The van der Waals surface area contributed by atoms with Crippen molar-refractivity contribution in [2.24, 2.45) is 5.73 Å². The summed E-state index contributed by atoms with van der Waals surface area (Å²) in [4.78, 5) is 1.94. The molecule has 8 nitrogen and oxygen atoms in total. The number of nitrogens with zero attached hydrogens (tertiary/aromatic N) is 2. The molecule has 0 aliphatic carbocycles. The lowest BCUT2D eigenvalue weighted by Crippen LogP contribution is -2.39. The van der Waals surface area contributed by atoms with Crippen LogP contribution in [0.5, 0.6) is 5.75 Å². The minimum Gasteiger partial charge on any atom is -0.507 e. The van der Waals surface area contributed by atoms with E-state index in [0.29, 0.717) is 25.4 Å². The van der Waals surface area contributed by atoms with Gasteiger partial charge in [-0.05, 0) is 41.7 Å². The molecule has 1 aliphatic rings. The van der Waals surface area contributed by atoms with Gasteiger partial charge < -0.3 is 16.2 Å².